The highest BCUT2D eigenvalue weighted by molar-refractivity contribution is 7.92. The molecule has 0 fully saturated rings. The Kier molecular flexibility index (Phi) is 7.27. The molecule has 0 saturated heterocycles. The van der Waals surface area contributed by atoms with Crippen LogP contribution in [0.3, 0.4) is 0 Å². The molecule has 0 aromatic heterocycles. The molecular weight excluding hydrogens is 426 g/mol. The van der Waals surface area contributed by atoms with Gasteiger partial charge in [-0.3, -0.25) is 14.3 Å². The van der Waals surface area contributed by atoms with Crippen LogP contribution in [0.2, 0.25) is 0 Å². The smallest absolute Gasteiger partial charge is 0.261 e. The van der Waals surface area contributed by atoms with Crippen molar-refractivity contribution in [2.45, 2.75) is 25.3 Å². The number of amides is 2. The summed E-state index contributed by atoms with van der Waals surface area (Å²) in [5.74, 6) is -0.733. The normalized spacial score (nSPS) is 10.9. The van der Waals surface area contributed by atoms with E-state index in [1.54, 1.807) is 18.2 Å². The van der Waals surface area contributed by atoms with Gasteiger partial charge in [0.25, 0.3) is 15.9 Å². The van der Waals surface area contributed by atoms with Gasteiger partial charge >= 0.3 is 0 Å². The summed E-state index contributed by atoms with van der Waals surface area (Å²) >= 11 is 0. The third-order valence-corrected chi connectivity index (χ3v) is 6.31. The summed E-state index contributed by atoms with van der Waals surface area (Å²) < 4.78 is 27.7. The highest BCUT2D eigenvalue weighted by Crippen LogP contribution is 2.19. The molecular formula is C24H25N3O4S. The highest BCUT2D eigenvalue weighted by Gasteiger charge is 2.15. The van der Waals surface area contributed by atoms with Gasteiger partial charge in [-0.1, -0.05) is 36.4 Å². The summed E-state index contributed by atoms with van der Waals surface area (Å²) in [4.78, 5) is 24.4. The quantitative estimate of drug-likeness (QED) is 0.489. The van der Waals surface area contributed by atoms with Crippen molar-refractivity contribution in [3.8, 4) is 0 Å². The fourth-order valence-electron chi connectivity index (χ4n) is 2.91. The molecule has 8 heteroatoms. The highest BCUT2D eigenvalue weighted by atomic mass is 32.2. The van der Waals surface area contributed by atoms with Crippen LogP contribution in [0, 0.1) is 13.8 Å². The van der Waals surface area contributed by atoms with Gasteiger partial charge in [-0.05, 0) is 66.9 Å². The fourth-order valence-corrected chi connectivity index (χ4v) is 4.05. The van der Waals surface area contributed by atoms with Crippen LogP contribution in [0.5, 0.6) is 0 Å². The van der Waals surface area contributed by atoms with Gasteiger partial charge in [0, 0.05) is 17.8 Å². The first-order chi connectivity index (χ1) is 15.2. The molecule has 3 rings (SSSR count). The number of aryl methyl sites for hydroxylation is 2. The second kappa shape index (κ2) is 10.1. The van der Waals surface area contributed by atoms with E-state index in [0.717, 1.165) is 16.7 Å². The van der Waals surface area contributed by atoms with Crippen molar-refractivity contribution in [1.82, 2.24) is 10.6 Å². The van der Waals surface area contributed by atoms with E-state index in [2.05, 4.69) is 15.4 Å². The predicted molar refractivity (Wildman–Crippen MR) is 124 cm³/mol. The molecule has 0 bridgehead atoms. The summed E-state index contributed by atoms with van der Waals surface area (Å²) in [5, 5.41) is 5.28. The van der Waals surface area contributed by atoms with Crippen LogP contribution in [0.25, 0.3) is 0 Å². The largest absolute Gasteiger partial charge is 0.350 e. The van der Waals surface area contributed by atoms with E-state index in [9.17, 15) is 18.0 Å². The van der Waals surface area contributed by atoms with Crippen molar-refractivity contribution < 1.29 is 18.0 Å². The lowest BCUT2D eigenvalue weighted by Crippen LogP contribution is -2.36. The number of nitrogens with one attached hydrogen (secondary N) is 3. The average Bonchev–Trinajstić information content (AvgIpc) is 2.78. The van der Waals surface area contributed by atoms with Crippen LogP contribution >= 0.6 is 0 Å². The van der Waals surface area contributed by atoms with Gasteiger partial charge in [0.1, 0.15) is 0 Å². The Morgan fingerprint density at radius 2 is 1.50 bits per heavy atom. The number of benzene rings is 3. The molecule has 3 aromatic rings. The lowest BCUT2D eigenvalue weighted by atomic mass is 10.1. The molecule has 0 aliphatic heterocycles. The summed E-state index contributed by atoms with van der Waals surface area (Å²) in [5.41, 5.74) is 3.50. The van der Waals surface area contributed by atoms with Gasteiger partial charge in [-0.25, -0.2) is 8.42 Å². The third-order valence-electron chi connectivity index (χ3n) is 4.93. The van der Waals surface area contributed by atoms with Gasteiger partial charge in [-0.2, -0.15) is 0 Å². The number of sulfonamides is 1. The molecule has 0 atom stereocenters. The van der Waals surface area contributed by atoms with Crippen LogP contribution < -0.4 is 15.4 Å². The van der Waals surface area contributed by atoms with Crippen molar-refractivity contribution in [3.63, 3.8) is 0 Å². The molecule has 0 aliphatic rings. The second-order valence-electron chi connectivity index (χ2n) is 7.37. The molecule has 2 amide bonds. The molecule has 166 valence electrons. The Labute approximate surface area is 187 Å². The monoisotopic (exact) mass is 451 g/mol. The molecule has 0 aliphatic carbocycles. The minimum atomic E-state index is -3.74. The molecule has 7 nitrogen and oxygen atoms in total. The van der Waals surface area contributed by atoms with Crippen molar-refractivity contribution in [1.29, 1.82) is 0 Å². The molecule has 3 N–H and O–H groups in total. The zero-order valence-corrected chi connectivity index (χ0v) is 18.7. The zero-order valence-electron chi connectivity index (χ0n) is 17.9. The second-order valence-corrected chi connectivity index (χ2v) is 9.06. The van der Waals surface area contributed by atoms with Crippen molar-refractivity contribution in [2.24, 2.45) is 0 Å². The summed E-state index contributed by atoms with van der Waals surface area (Å²) in [6.07, 6.45) is 0. The van der Waals surface area contributed by atoms with Crippen LogP contribution in [0.1, 0.15) is 27.0 Å². The van der Waals surface area contributed by atoms with E-state index in [1.165, 1.54) is 24.3 Å². The Balaban J connectivity index is 1.53. The SMILES string of the molecule is Cc1ccc(S(=O)(=O)Nc2ccc(C(=O)NCC(=O)NCc3ccccc3)cc2)cc1C. The maximum atomic E-state index is 12.6. The number of hydrogen-bond donors (Lipinski definition) is 3. The molecule has 0 unspecified atom stereocenters. The van der Waals surface area contributed by atoms with Crippen molar-refractivity contribution in [2.75, 3.05) is 11.3 Å². The predicted octanol–water partition coefficient (Wildman–Crippen LogP) is 3.15. The van der Waals surface area contributed by atoms with E-state index in [-0.39, 0.29) is 17.3 Å². The molecule has 0 spiro atoms. The van der Waals surface area contributed by atoms with E-state index >= 15 is 0 Å². The Morgan fingerprint density at radius 3 is 2.16 bits per heavy atom. The number of anilines is 1. The first-order valence-electron chi connectivity index (χ1n) is 10.0. The minimum absolute atomic E-state index is 0.160. The van der Waals surface area contributed by atoms with Crippen LogP contribution in [0.15, 0.2) is 77.7 Å². The van der Waals surface area contributed by atoms with Gasteiger partial charge in [0.15, 0.2) is 0 Å². The number of hydrogen-bond acceptors (Lipinski definition) is 4. The van der Waals surface area contributed by atoms with Gasteiger partial charge in [-0.15, -0.1) is 0 Å². The maximum absolute atomic E-state index is 12.6. The van der Waals surface area contributed by atoms with Crippen LogP contribution in [-0.4, -0.2) is 26.8 Å². The third kappa shape index (κ3) is 6.18. The number of carbonyl (C=O) groups is 2. The molecule has 0 radical (unpaired) electrons. The standard InChI is InChI=1S/C24H25N3O4S/c1-17-8-13-22(14-18(17)2)32(30,31)27-21-11-9-20(10-12-21)24(29)26-16-23(28)25-15-19-6-4-3-5-7-19/h3-14,27H,15-16H2,1-2H3,(H,25,28)(H,26,29). The summed E-state index contributed by atoms with van der Waals surface area (Å²) in [7, 11) is -3.74. The Morgan fingerprint density at radius 1 is 0.812 bits per heavy atom. The lowest BCUT2D eigenvalue weighted by Gasteiger charge is -2.11. The molecule has 0 saturated carbocycles. The number of rotatable bonds is 8. The van der Waals surface area contributed by atoms with Crippen molar-refractivity contribution >= 4 is 27.5 Å². The fraction of sp³-hybridized carbons (Fsp3) is 0.167. The van der Waals surface area contributed by atoms with Crippen LogP contribution in [-0.2, 0) is 21.4 Å². The number of carbonyl (C=O) groups excluding carboxylic acids is 2. The van der Waals surface area contributed by atoms with Crippen LogP contribution in [0.4, 0.5) is 5.69 Å². The van der Waals surface area contributed by atoms with E-state index in [4.69, 9.17) is 0 Å². The summed E-state index contributed by atoms with van der Waals surface area (Å²) in [6, 6.07) is 20.4. The minimum Gasteiger partial charge on any atom is -0.350 e. The molecule has 32 heavy (non-hydrogen) atoms. The zero-order chi connectivity index (χ0) is 23.1. The first kappa shape index (κ1) is 23.0. The van der Waals surface area contributed by atoms with E-state index < -0.39 is 15.9 Å². The molecule has 0 heterocycles. The van der Waals surface area contributed by atoms with Gasteiger partial charge in [0.05, 0.1) is 11.4 Å². The van der Waals surface area contributed by atoms with Gasteiger partial charge in [0.2, 0.25) is 5.91 Å². The lowest BCUT2D eigenvalue weighted by molar-refractivity contribution is -0.120. The van der Waals surface area contributed by atoms with E-state index in [1.807, 2.05) is 44.2 Å². The van der Waals surface area contributed by atoms with E-state index in [0.29, 0.717) is 17.8 Å². The average molecular weight is 452 g/mol. The summed E-state index contributed by atoms with van der Waals surface area (Å²) in [6.45, 7) is 3.98. The van der Waals surface area contributed by atoms with Crippen molar-refractivity contribution in [3.05, 3.63) is 95.1 Å². The topological polar surface area (TPSA) is 104 Å². The molecule has 3 aromatic carbocycles. The Hall–Kier alpha value is -3.65. The van der Waals surface area contributed by atoms with Gasteiger partial charge < -0.3 is 10.6 Å². The first-order valence-corrected chi connectivity index (χ1v) is 11.5. The maximum Gasteiger partial charge on any atom is 0.261 e. The Bertz CT molecular complexity index is 1210.